The number of nitrogens with zero attached hydrogens (tertiary/aromatic N) is 1. The van der Waals surface area contributed by atoms with Gasteiger partial charge in [-0.2, -0.15) is 26.3 Å². The zero-order chi connectivity index (χ0) is 16.0. The van der Waals surface area contributed by atoms with Gasteiger partial charge in [0, 0.05) is 19.1 Å². The Balaban J connectivity index is 2.12. The van der Waals surface area contributed by atoms with E-state index in [4.69, 9.17) is 5.73 Å². The van der Waals surface area contributed by atoms with Crippen molar-refractivity contribution in [1.29, 1.82) is 0 Å². The Hall–Kier alpha value is -0.990. The number of hydrogen-bond donors (Lipinski definition) is 1. The fraction of sp³-hybridized carbons (Fsp3) is 0.917. The second-order valence-electron chi connectivity index (χ2n) is 5.85. The van der Waals surface area contributed by atoms with Crippen LogP contribution >= 0.6 is 0 Å². The lowest BCUT2D eigenvalue weighted by Gasteiger charge is -2.27. The number of rotatable bonds is 1. The molecule has 0 spiro atoms. The second-order valence-corrected chi connectivity index (χ2v) is 5.85. The fourth-order valence-electron chi connectivity index (χ4n) is 3.30. The van der Waals surface area contributed by atoms with Crippen LogP contribution in [0.3, 0.4) is 0 Å². The van der Waals surface area contributed by atoms with Crippen LogP contribution in [0.2, 0.25) is 0 Å². The maximum Gasteiger partial charge on any atom is 0.409 e. The van der Waals surface area contributed by atoms with Gasteiger partial charge in [-0.15, -0.1) is 0 Å². The fourth-order valence-corrected chi connectivity index (χ4v) is 3.30. The van der Waals surface area contributed by atoms with Crippen molar-refractivity contribution in [1.82, 2.24) is 4.90 Å². The van der Waals surface area contributed by atoms with E-state index in [1.165, 1.54) is 0 Å². The van der Waals surface area contributed by atoms with Crippen LogP contribution in [0.4, 0.5) is 26.3 Å². The first-order valence-corrected chi connectivity index (χ1v) is 6.68. The molecule has 1 aliphatic heterocycles. The third-order valence-corrected chi connectivity index (χ3v) is 4.30. The van der Waals surface area contributed by atoms with Gasteiger partial charge < -0.3 is 10.6 Å². The van der Waals surface area contributed by atoms with Crippen molar-refractivity contribution in [2.45, 2.75) is 37.7 Å². The number of halogens is 6. The lowest BCUT2D eigenvalue weighted by molar-refractivity contribution is -0.277. The van der Waals surface area contributed by atoms with Crippen molar-refractivity contribution >= 4 is 5.91 Å². The van der Waals surface area contributed by atoms with Crippen molar-refractivity contribution < 1.29 is 31.1 Å². The molecule has 2 aliphatic rings. The number of amides is 1. The normalized spacial score (nSPS) is 30.7. The van der Waals surface area contributed by atoms with Gasteiger partial charge in [0.1, 0.15) is 0 Å². The van der Waals surface area contributed by atoms with Crippen LogP contribution in [0, 0.1) is 17.8 Å². The molecule has 21 heavy (non-hydrogen) atoms. The third kappa shape index (κ3) is 3.44. The van der Waals surface area contributed by atoms with E-state index in [1.54, 1.807) is 0 Å². The molecule has 2 fully saturated rings. The summed E-state index contributed by atoms with van der Waals surface area (Å²) < 4.78 is 75.4. The van der Waals surface area contributed by atoms with Crippen LogP contribution in [-0.4, -0.2) is 42.3 Å². The van der Waals surface area contributed by atoms with E-state index in [9.17, 15) is 31.1 Å². The lowest BCUT2D eigenvalue weighted by atomic mass is 9.79. The van der Waals surface area contributed by atoms with Gasteiger partial charge in [-0.05, 0) is 31.1 Å². The molecule has 0 aromatic heterocycles. The quantitative estimate of drug-likeness (QED) is 0.754. The maximum absolute atomic E-state index is 12.6. The Bertz CT molecular complexity index is 394. The van der Waals surface area contributed by atoms with E-state index < -0.39 is 24.2 Å². The highest BCUT2D eigenvalue weighted by atomic mass is 19.4. The van der Waals surface area contributed by atoms with Gasteiger partial charge in [-0.25, -0.2) is 0 Å². The van der Waals surface area contributed by atoms with Crippen LogP contribution in [-0.2, 0) is 4.79 Å². The molecule has 2 N–H and O–H groups in total. The van der Waals surface area contributed by atoms with Crippen LogP contribution in [0.1, 0.15) is 19.3 Å². The lowest BCUT2D eigenvalue weighted by Crippen LogP contribution is -2.49. The van der Waals surface area contributed by atoms with Crippen molar-refractivity contribution in [3.63, 3.8) is 0 Å². The molecule has 0 aromatic carbocycles. The minimum Gasteiger partial charge on any atom is -0.341 e. The predicted molar refractivity (Wildman–Crippen MR) is 61.0 cm³/mol. The number of carbonyl (C=O) groups is 1. The molecule has 3 atom stereocenters. The van der Waals surface area contributed by atoms with Crippen molar-refractivity contribution in [3.05, 3.63) is 0 Å². The van der Waals surface area contributed by atoms with Gasteiger partial charge >= 0.3 is 12.4 Å². The zero-order valence-electron chi connectivity index (χ0n) is 11.0. The molecule has 1 saturated heterocycles. The van der Waals surface area contributed by atoms with E-state index in [0.29, 0.717) is 24.2 Å². The third-order valence-electron chi connectivity index (χ3n) is 4.30. The van der Waals surface area contributed by atoms with Crippen LogP contribution in [0.5, 0.6) is 0 Å². The zero-order valence-corrected chi connectivity index (χ0v) is 11.0. The molecule has 0 radical (unpaired) electrons. The standard InChI is InChI=1S/C12H16F6N2O/c13-11(14,15)9(12(16,17)18)10(21)20-4-6-1-2-8(19)3-7(6)5-20/h6-9H,1-5,19H2/t6-,7+,8?/m1/s1. The number of carbonyl (C=O) groups excluding carboxylic acids is 1. The van der Waals surface area contributed by atoms with Crippen LogP contribution < -0.4 is 5.73 Å². The molecule has 9 heteroatoms. The molecule has 122 valence electrons. The second kappa shape index (κ2) is 5.33. The number of nitrogens with two attached hydrogens (primary N) is 1. The molecular formula is C12H16F6N2O. The summed E-state index contributed by atoms with van der Waals surface area (Å²) in [5, 5.41) is 0. The van der Waals surface area contributed by atoms with E-state index >= 15 is 0 Å². The van der Waals surface area contributed by atoms with E-state index in [1.807, 2.05) is 0 Å². The van der Waals surface area contributed by atoms with Gasteiger partial charge in [0.15, 0.2) is 0 Å². The van der Waals surface area contributed by atoms with Crippen LogP contribution in [0.15, 0.2) is 0 Å². The minimum absolute atomic E-state index is 0.0428. The Morgan fingerprint density at radius 2 is 1.52 bits per heavy atom. The van der Waals surface area contributed by atoms with Gasteiger partial charge in [-0.3, -0.25) is 4.79 Å². The number of hydrogen-bond acceptors (Lipinski definition) is 2. The molecule has 1 aliphatic carbocycles. The van der Waals surface area contributed by atoms with Gasteiger partial charge in [0.05, 0.1) is 0 Å². The van der Waals surface area contributed by atoms with E-state index in [2.05, 4.69) is 0 Å². The molecule has 0 aromatic rings. The summed E-state index contributed by atoms with van der Waals surface area (Å²) in [7, 11) is 0. The highest BCUT2D eigenvalue weighted by Crippen LogP contribution is 2.43. The van der Waals surface area contributed by atoms with Crippen LogP contribution in [0.25, 0.3) is 0 Å². The highest BCUT2D eigenvalue weighted by molar-refractivity contribution is 5.80. The topological polar surface area (TPSA) is 46.3 Å². The number of fused-ring (bicyclic) bond motifs is 1. The molecule has 1 unspecified atom stereocenters. The predicted octanol–water partition coefficient (Wildman–Crippen LogP) is 2.31. The molecular weight excluding hydrogens is 302 g/mol. The SMILES string of the molecule is NC1CC[C@@H]2CN(C(=O)C(C(F)(F)F)C(F)(F)F)C[C@@H]2C1. The number of likely N-dealkylation sites (tertiary alicyclic amines) is 1. The monoisotopic (exact) mass is 318 g/mol. The molecule has 1 saturated carbocycles. The first-order chi connectivity index (χ1) is 9.50. The molecule has 1 amide bonds. The summed E-state index contributed by atoms with van der Waals surface area (Å²) in [5.41, 5.74) is 5.75. The Labute approximate surface area is 117 Å². The number of alkyl halides is 6. The molecule has 0 bridgehead atoms. The Morgan fingerprint density at radius 3 is 2.05 bits per heavy atom. The molecule has 3 nitrogen and oxygen atoms in total. The highest BCUT2D eigenvalue weighted by Gasteiger charge is 2.62. The Kier molecular flexibility index (Phi) is 4.16. The van der Waals surface area contributed by atoms with Crippen molar-refractivity contribution in [2.24, 2.45) is 23.5 Å². The van der Waals surface area contributed by atoms with Gasteiger partial charge in [0.2, 0.25) is 11.8 Å². The molecule has 1 heterocycles. The van der Waals surface area contributed by atoms with Crippen molar-refractivity contribution in [3.8, 4) is 0 Å². The van der Waals surface area contributed by atoms with Crippen molar-refractivity contribution in [2.75, 3.05) is 13.1 Å². The maximum atomic E-state index is 12.6. The smallest absolute Gasteiger partial charge is 0.341 e. The molecule has 2 rings (SSSR count). The van der Waals surface area contributed by atoms with Gasteiger partial charge in [-0.1, -0.05) is 0 Å². The Morgan fingerprint density at radius 1 is 1.00 bits per heavy atom. The van der Waals surface area contributed by atoms with Gasteiger partial charge in [0.25, 0.3) is 0 Å². The summed E-state index contributed by atoms with van der Waals surface area (Å²) in [4.78, 5) is 12.4. The summed E-state index contributed by atoms with van der Waals surface area (Å²) >= 11 is 0. The van der Waals surface area contributed by atoms with E-state index in [-0.39, 0.29) is 31.0 Å². The first-order valence-electron chi connectivity index (χ1n) is 6.68. The van der Waals surface area contributed by atoms with E-state index in [0.717, 1.165) is 0 Å². The largest absolute Gasteiger partial charge is 0.409 e. The average Bonchev–Trinajstić information content (AvgIpc) is 2.67. The summed E-state index contributed by atoms with van der Waals surface area (Å²) in [6, 6.07) is -0.0951. The first kappa shape index (κ1) is 16.4. The summed E-state index contributed by atoms with van der Waals surface area (Å²) in [6.07, 6.45) is -9.39. The minimum atomic E-state index is -5.63. The summed E-state index contributed by atoms with van der Waals surface area (Å²) in [5.74, 6) is -5.97. The average molecular weight is 318 g/mol. The summed E-state index contributed by atoms with van der Waals surface area (Å²) in [6.45, 7) is -0.112.